The minimum Gasteiger partial charge on any atom is -0.504 e. The summed E-state index contributed by atoms with van der Waals surface area (Å²) in [6.07, 6.45) is 1.71. The lowest BCUT2D eigenvalue weighted by Gasteiger charge is -2.05. The van der Waals surface area contributed by atoms with Crippen LogP contribution in [0.15, 0.2) is 65.8 Å². The van der Waals surface area contributed by atoms with Crippen molar-refractivity contribution in [2.75, 3.05) is 7.11 Å². The van der Waals surface area contributed by atoms with E-state index in [2.05, 4.69) is 10.5 Å². The van der Waals surface area contributed by atoms with Gasteiger partial charge in [0.25, 0.3) is 0 Å². The molecule has 25 heavy (non-hydrogen) atoms. The van der Waals surface area contributed by atoms with Gasteiger partial charge in [0.2, 0.25) is 5.91 Å². The molecule has 126 valence electrons. The second-order valence-electron chi connectivity index (χ2n) is 5.54. The number of amides is 1. The van der Waals surface area contributed by atoms with Gasteiger partial charge in [-0.3, -0.25) is 4.79 Å². The van der Waals surface area contributed by atoms with Gasteiger partial charge >= 0.3 is 0 Å². The molecule has 0 aliphatic carbocycles. The number of hydrogen-bond donors (Lipinski definition) is 2. The van der Waals surface area contributed by atoms with Crippen molar-refractivity contribution < 1.29 is 14.6 Å². The van der Waals surface area contributed by atoms with Crippen LogP contribution in [0.1, 0.15) is 11.1 Å². The monoisotopic (exact) mass is 334 g/mol. The number of carbonyl (C=O) groups excluding carboxylic acids is 1. The number of rotatable bonds is 5. The number of methoxy groups -OCH3 is 1. The summed E-state index contributed by atoms with van der Waals surface area (Å²) in [5, 5.41) is 15.8. The Morgan fingerprint density at radius 1 is 1.16 bits per heavy atom. The number of carbonyl (C=O) groups is 1. The molecule has 0 spiro atoms. The van der Waals surface area contributed by atoms with Crippen molar-refractivity contribution in [2.24, 2.45) is 5.10 Å². The molecule has 0 radical (unpaired) electrons. The van der Waals surface area contributed by atoms with Gasteiger partial charge in [0.05, 0.1) is 19.7 Å². The van der Waals surface area contributed by atoms with Gasteiger partial charge in [-0.05, 0) is 40.1 Å². The standard InChI is InChI=1S/C20H18N2O3/c1-25-19-10-9-14(11-18(19)23)13-21-22-20(24)12-16-7-4-6-15-5-2-3-8-17(15)16/h2-11,13,23H,12H2,1H3,(H,22,24)/b21-13+. The summed E-state index contributed by atoms with van der Waals surface area (Å²) in [6, 6.07) is 18.7. The molecule has 0 aliphatic rings. The highest BCUT2D eigenvalue weighted by Gasteiger charge is 2.06. The summed E-state index contributed by atoms with van der Waals surface area (Å²) in [5.41, 5.74) is 4.12. The van der Waals surface area contributed by atoms with Gasteiger partial charge in [-0.1, -0.05) is 42.5 Å². The number of nitrogens with zero attached hydrogens (tertiary/aromatic N) is 1. The van der Waals surface area contributed by atoms with E-state index < -0.39 is 0 Å². The largest absolute Gasteiger partial charge is 0.504 e. The highest BCUT2D eigenvalue weighted by Crippen LogP contribution is 2.25. The Labute approximate surface area is 145 Å². The van der Waals surface area contributed by atoms with Gasteiger partial charge < -0.3 is 9.84 Å². The lowest BCUT2D eigenvalue weighted by atomic mass is 10.0. The van der Waals surface area contributed by atoms with Crippen LogP contribution in [0.25, 0.3) is 10.8 Å². The molecule has 0 aromatic heterocycles. The van der Waals surface area contributed by atoms with Crippen molar-refractivity contribution in [3.8, 4) is 11.5 Å². The molecule has 1 amide bonds. The van der Waals surface area contributed by atoms with E-state index in [1.807, 2.05) is 42.5 Å². The maximum absolute atomic E-state index is 12.1. The van der Waals surface area contributed by atoms with Gasteiger partial charge in [-0.2, -0.15) is 5.10 Å². The maximum atomic E-state index is 12.1. The summed E-state index contributed by atoms with van der Waals surface area (Å²) < 4.78 is 4.98. The first-order chi connectivity index (χ1) is 12.2. The van der Waals surface area contributed by atoms with Crippen LogP contribution >= 0.6 is 0 Å². The predicted molar refractivity (Wildman–Crippen MR) is 98.0 cm³/mol. The third-order valence-corrected chi connectivity index (χ3v) is 3.84. The van der Waals surface area contributed by atoms with Crippen molar-refractivity contribution in [2.45, 2.75) is 6.42 Å². The van der Waals surface area contributed by atoms with Crippen molar-refractivity contribution >= 4 is 22.9 Å². The Morgan fingerprint density at radius 3 is 2.76 bits per heavy atom. The molecule has 0 aliphatic heterocycles. The molecule has 0 unspecified atom stereocenters. The zero-order valence-corrected chi connectivity index (χ0v) is 13.8. The second-order valence-corrected chi connectivity index (χ2v) is 5.54. The number of hydrazone groups is 1. The van der Waals surface area contributed by atoms with Crippen LogP contribution < -0.4 is 10.2 Å². The summed E-state index contributed by atoms with van der Waals surface area (Å²) in [7, 11) is 1.48. The first-order valence-corrected chi connectivity index (χ1v) is 7.83. The van der Waals surface area contributed by atoms with E-state index in [1.165, 1.54) is 19.4 Å². The Morgan fingerprint density at radius 2 is 1.96 bits per heavy atom. The fourth-order valence-electron chi connectivity index (χ4n) is 2.63. The minimum absolute atomic E-state index is 0.0218. The summed E-state index contributed by atoms with van der Waals surface area (Å²) in [5.74, 6) is 0.205. The fraction of sp³-hybridized carbons (Fsp3) is 0.100. The van der Waals surface area contributed by atoms with E-state index >= 15 is 0 Å². The number of aromatic hydroxyl groups is 1. The number of phenols is 1. The topological polar surface area (TPSA) is 70.9 Å². The van der Waals surface area contributed by atoms with Crippen LogP contribution in [0.2, 0.25) is 0 Å². The van der Waals surface area contributed by atoms with E-state index in [0.717, 1.165) is 16.3 Å². The number of hydrogen-bond acceptors (Lipinski definition) is 4. The summed E-state index contributed by atoms with van der Waals surface area (Å²) in [6.45, 7) is 0. The van der Waals surface area contributed by atoms with Crippen LogP contribution in [-0.4, -0.2) is 24.3 Å². The lowest BCUT2D eigenvalue weighted by molar-refractivity contribution is -0.120. The third kappa shape index (κ3) is 3.95. The first kappa shape index (κ1) is 16.5. The molecule has 5 heteroatoms. The smallest absolute Gasteiger partial charge is 0.244 e. The first-order valence-electron chi connectivity index (χ1n) is 7.83. The van der Waals surface area contributed by atoms with Gasteiger partial charge in [0.15, 0.2) is 11.5 Å². The SMILES string of the molecule is COc1ccc(/C=N/NC(=O)Cc2cccc3ccccc23)cc1O. The molecule has 2 N–H and O–H groups in total. The molecule has 0 saturated carbocycles. The quantitative estimate of drug-likeness (QED) is 0.556. The van der Waals surface area contributed by atoms with Gasteiger partial charge in [0, 0.05) is 0 Å². The molecular weight excluding hydrogens is 316 g/mol. The number of fused-ring (bicyclic) bond motifs is 1. The average Bonchev–Trinajstić information content (AvgIpc) is 2.62. The molecule has 0 atom stereocenters. The Hall–Kier alpha value is -3.34. The Balaban J connectivity index is 1.65. The molecule has 3 aromatic carbocycles. The fourth-order valence-corrected chi connectivity index (χ4v) is 2.63. The zero-order valence-electron chi connectivity index (χ0n) is 13.8. The minimum atomic E-state index is -0.203. The maximum Gasteiger partial charge on any atom is 0.244 e. The highest BCUT2D eigenvalue weighted by molar-refractivity contribution is 5.90. The van der Waals surface area contributed by atoms with Gasteiger partial charge in [-0.25, -0.2) is 5.43 Å². The van der Waals surface area contributed by atoms with Gasteiger partial charge in [-0.15, -0.1) is 0 Å². The van der Waals surface area contributed by atoms with Crippen molar-refractivity contribution in [1.29, 1.82) is 0 Å². The van der Waals surface area contributed by atoms with E-state index in [4.69, 9.17) is 4.74 Å². The van der Waals surface area contributed by atoms with Crippen LogP contribution in [0.5, 0.6) is 11.5 Å². The van der Waals surface area contributed by atoms with E-state index in [-0.39, 0.29) is 18.1 Å². The predicted octanol–water partition coefficient (Wildman–Crippen LogP) is 3.25. The lowest BCUT2D eigenvalue weighted by Crippen LogP contribution is -2.19. The highest BCUT2D eigenvalue weighted by atomic mass is 16.5. The molecule has 0 fully saturated rings. The molecule has 0 saturated heterocycles. The van der Waals surface area contributed by atoms with E-state index in [9.17, 15) is 9.90 Å². The van der Waals surface area contributed by atoms with Crippen LogP contribution in [0, 0.1) is 0 Å². The Bertz CT molecular complexity index is 930. The van der Waals surface area contributed by atoms with Crippen LogP contribution in [0.3, 0.4) is 0 Å². The molecular formula is C20H18N2O3. The number of benzene rings is 3. The molecule has 3 rings (SSSR count). The van der Waals surface area contributed by atoms with Crippen molar-refractivity contribution in [3.63, 3.8) is 0 Å². The number of nitrogens with one attached hydrogen (secondary N) is 1. The van der Waals surface area contributed by atoms with Crippen LogP contribution in [-0.2, 0) is 11.2 Å². The number of ether oxygens (including phenoxy) is 1. The molecule has 3 aromatic rings. The third-order valence-electron chi connectivity index (χ3n) is 3.84. The number of phenolic OH excluding ortho intramolecular Hbond substituents is 1. The van der Waals surface area contributed by atoms with E-state index in [0.29, 0.717) is 11.3 Å². The second kappa shape index (κ2) is 7.49. The average molecular weight is 334 g/mol. The summed E-state index contributed by atoms with van der Waals surface area (Å²) >= 11 is 0. The molecule has 0 heterocycles. The molecule has 0 bridgehead atoms. The van der Waals surface area contributed by atoms with Gasteiger partial charge in [0.1, 0.15) is 0 Å². The molecule has 5 nitrogen and oxygen atoms in total. The van der Waals surface area contributed by atoms with E-state index in [1.54, 1.807) is 12.1 Å². The zero-order chi connectivity index (χ0) is 17.6. The normalized spacial score (nSPS) is 10.9. The van der Waals surface area contributed by atoms with Crippen molar-refractivity contribution in [1.82, 2.24) is 5.43 Å². The Kier molecular flexibility index (Phi) is 4.95. The summed E-state index contributed by atoms with van der Waals surface area (Å²) in [4.78, 5) is 12.1. The van der Waals surface area contributed by atoms with Crippen molar-refractivity contribution in [3.05, 3.63) is 71.8 Å². The van der Waals surface area contributed by atoms with Crippen LogP contribution in [0.4, 0.5) is 0 Å².